The van der Waals surface area contributed by atoms with E-state index >= 15 is 0 Å². The third-order valence-corrected chi connectivity index (χ3v) is 1.98. The lowest BCUT2D eigenvalue weighted by atomic mass is 10.3. The van der Waals surface area contributed by atoms with Crippen LogP contribution in [-0.2, 0) is 6.42 Å². The van der Waals surface area contributed by atoms with Crippen molar-refractivity contribution in [3.05, 3.63) is 15.5 Å². The minimum Gasteiger partial charge on any atom is -0.272 e. The number of nitrogens with zero attached hydrogens (tertiary/aromatic N) is 1. The molecular formula is C5H7IN2. The zero-order valence-electron chi connectivity index (χ0n) is 4.61. The second kappa shape index (κ2) is 2.48. The minimum absolute atomic E-state index is 1.06. The highest BCUT2D eigenvalue weighted by Gasteiger charge is 1.94. The molecule has 0 radical (unpaired) electrons. The van der Waals surface area contributed by atoms with Crippen molar-refractivity contribution < 1.29 is 0 Å². The highest BCUT2D eigenvalue weighted by Crippen LogP contribution is 2.06. The zero-order valence-corrected chi connectivity index (χ0v) is 6.77. The molecule has 1 aromatic heterocycles. The highest BCUT2D eigenvalue weighted by molar-refractivity contribution is 14.1. The Morgan fingerprint density at radius 2 is 2.62 bits per heavy atom. The summed E-state index contributed by atoms with van der Waals surface area (Å²) >= 11 is 2.24. The first-order valence-corrected chi connectivity index (χ1v) is 3.60. The van der Waals surface area contributed by atoms with Crippen LogP contribution in [0.2, 0.25) is 0 Å². The number of halogens is 1. The summed E-state index contributed by atoms with van der Waals surface area (Å²) in [4.78, 5) is 0. The molecule has 0 saturated heterocycles. The van der Waals surface area contributed by atoms with Gasteiger partial charge in [-0.15, -0.1) is 0 Å². The van der Waals surface area contributed by atoms with Crippen molar-refractivity contribution in [2.75, 3.05) is 0 Å². The molecule has 1 rings (SSSR count). The summed E-state index contributed by atoms with van der Waals surface area (Å²) in [6, 6.07) is 0. The maximum Gasteiger partial charge on any atom is 0.0989 e. The fourth-order valence-corrected chi connectivity index (χ4v) is 1.20. The molecule has 3 heteroatoms. The van der Waals surface area contributed by atoms with Gasteiger partial charge in [0.25, 0.3) is 0 Å². The molecule has 1 aromatic rings. The maximum absolute atomic E-state index is 3.86. The Bertz CT molecular complexity index is 171. The SMILES string of the molecule is CCc1cn[nH]c1I. The molecule has 1 heterocycles. The predicted octanol–water partition coefficient (Wildman–Crippen LogP) is 1.58. The van der Waals surface area contributed by atoms with Gasteiger partial charge in [0.2, 0.25) is 0 Å². The average Bonchev–Trinajstić information content (AvgIpc) is 2.14. The molecule has 0 aliphatic heterocycles. The van der Waals surface area contributed by atoms with E-state index in [1.807, 2.05) is 6.20 Å². The van der Waals surface area contributed by atoms with E-state index in [1.54, 1.807) is 0 Å². The van der Waals surface area contributed by atoms with Crippen LogP contribution >= 0.6 is 22.6 Å². The van der Waals surface area contributed by atoms with Gasteiger partial charge in [0, 0.05) is 5.56 Å². The molecule has 0 unspecified atom stereocenters. The number of aromatic nitrogens is 2. The standard InChI is InChI=1S/C5H7IN2/c1-2-4-3-7-8-5(4)6/h3H,2H2,1H3,(H,7,8). The fraction of sp³-hybridized carbons (Fsp3) is 0.400. The van der Waals surface area contributed by atoms with Crippen molar-refractivity contribution in [2.45, 2.75) is 13.3 Å². The Balaban J connectivity index is 2.92. The molecule has 0 amide bonds. The van der Waals surface area contributed by atoms with Crippen LogP contribution in [0.5, 0.6) is 0 Å². The van der Waals surface area contributed by atoms with Crippen LogP contribution in [0.1, 0.15) is 12.5 Å². The van der Waals surface area contributed by atoms with Crippen molar-refractivity contribution in [3.63, 3.8) is 0 Å². The van der Waals surface area contributed by atoms with Gasteiger partial charge in [0.15, 0.2) is 0 Å². The summed E-state index contributed by atoms with van der Waals surface area (Å²) in [6.45, 7) is 2.12. The molecule has 0 saturated carbocycles. The van der Waals surface area contributed by atoms with Gasteiger partial charge in [-0.2, -0.15) is 5.10 Å². The smallest absolute Gasteiger partial charge is 0.0989 e. The lowest BCUT2D eigenvalue weighted by molar-refractivity contribution is 1.06. The molecule has 0 aromatic carbocycles. The van der Waals surface area contributed by atoms with Gasteiger partial charge < -0.3 is 0 Å². The summed E-state index contributed by atoms with van der Waals surface area (Å²) in [5, 5.41) is 6.72. The van der Waals surface area contributed by atoms with Crippen LogP contribution in [0.25, 0.3) is 0 Å². The number of aryl methyl sites for hydroxylation is 1. The van der Waals surface area contributed by atoms with E-state index in [4.69, 9.17) is 0 Å². The van der Waals surface area contributed by atoms with Crippen LogP contribution in [0.15, 0.2) is 6.20 Å². The van der Waals surface area contributed by atoms with Gasteiger partial charge in [0.1, 0.15) is 0 Å². The number of H-pyrrole nitrogens is 1. The quantitative estimate of drug-likeness (QED) is 0.718. The van der Waals surface area contributed by atoms with Gasteiger partial charge >= 0.3 is 0 Å². The van der Waals surface area contributed by atoms with E-state index in [9.17, 15) is 0 Å². The second-order valence-electron chi connectivity index (χ2n) is 1.56. The molecule has 8 heavy (non-hydrogen) atoms. The van der Waals surface area contributed by atoms with Crippen LogP contribution in [0, 0.1) is 3.70 Å². The molecule has 0 atom stereocenters. The van der Waals surface area contributed by atoms with Gasteiger partial charge in [0.05, 0.1) is 9.90 Å². The van der Waals surface area contributed by atoms with Crippen LogP contribution in [0.4, 0.5) is 0 Å². The lowest BCUT2D eigenvalue weighted by Crippen LogP contribution is -1.77. The molecule has 0 spiro atoms. The summed E-state index contributed by atoms with van der Waals surface area (Å²) in [6.07, 6.45) is 2.93. The number of hydrogen-bond donors (Lipinski definition) is 1. The minimum atomic E-state index is 1.06. The number of nitrogens with one attached hydrogen (secondary N) is 1. The van der Waals surface area contributed by atoms with E-state index in [0.29, 0.717) is 0 Å². The normalized spacial score (nSPS) is 9.75. The topological polar surface area (TPSA) is 28.7 Å². The molecular weight excluding hydrogens is 215 g/mol. The number of hydrogen-bond acceptors (Lipinski definition) is 1. The molecule has 44 valence electrons. The average molecular weight is 222 g/mol. The lowest BCUT2D eigenvalue weighted by Gasteiger charge is -1.84. The number of rotatable bonds is 1. The Kier molecular flexibility index (Phi) is 1.88. The van der Waals surface area contributed by atoms with E-state index in [1.165, 1.54) is 5.56 Å². The first-order valence-electron chi connectivity index (χ1n) is 2.52. The summed E-state index contributed by atoms with van der Waals surface area (Å²) in [7, 11) is 0. The van der Waals surface area contributed by atoms with Crippen LogP contribution in [-0.4, -0.2) is 10.2 Å². The fourth-order valence-electron chi connectivity index (χ4n) is 0.542. The molecule has 1 N–H and O–H groups in total. The van der Waals surface area contributed by atoms with Crippen molar-refractivity contribution in [1.82, 2.24) is 10.2 Å². The third-order valence-electron chi connectivity index (χ3n) is 1.05. The zero-order chi connectivity index (χ0) is 5.98. The van der Waals surface area contributed by atoms with Gasteiger partial charge in [-0.25, -0.2) is 0 Å². The molecule has 0 aliphatic rings. The van der Waals surface area contributed by atoms with Crippen LogP contribution < -0.4 is 0 Å². The largest absolute Gasteiger partial charge is 0.272 e. The van der Waals surface area contributed by atoms with Crippen molar-refractivity contribution in [2.24, 2.45) is 0 Å². The summed E-state index contributed by atoms with van der Waals surface area (Å²) < 4.78 is 1.16. The van der Waals surface area contributed by atoms with E-state index < -0.39 is 0 Å². The highest BCUT2D eigenvalue weighted by atomic mass is 127. The second-order valence-corrected chi connectivity index (χ2v) is 2.64. The van der Waals surface area contributed by atoms with Gasteiger partial charge in [-0.1, -0.05) is 6.92 Å². The van der Waals surface area contributed by atoms with Crippen molar-refractivity contribution >= 4 is 22.6 Å². The Morgan fingerprint density at radius 3 is 2.88 bits per heavy atom. The van der Waals surface area contributed by atoms with Gasteiger partial charge in [-0.05, 0) is 29.0 Å². The number of aromatic amines is 1. The Morgan fingerprint density at radius 1 is 1.88 bits per heavy atom. The predicted molar refractivity (Wildman–Crippen MR) is 40.7 cm³/mol. The molecule has 0 bridgehead atoms. The Labute approximate surface area is 61.8 Å². The maximum atomic E-state index is 3.86. The molecule has 2 nitrogen and oxygen atoms in total. The Hall–Kier alpha value is -0.0600. The summed E-state index contributed by atoms with van der Waals surface area (Å²) in [5.74, 6) is 0. The summed E-state index contributed by atoms with van der Waals surface area (Å²) in [5.41, 5.74) is 1.30. The van der Waals surface area contributed by atoms with Crippen molar-refractivity contribution in [1.29, 1.82) is 0 Å². The molecule has 0 fully saturated rings. The van der Waals surface area contributed by atoms with Gasteiger partial charge in [-0.3, -0.25) is 5.10 Å². The first kappa shape index (κ1) is 6.07. The first-order chi connectivity index (χ1) is 3.84. The third kappa shape index (κ3) is 1.02. The van der Waals surface area contributed by atoms with E-state index in [-0.39, 0.29) is 0 Å². The monoisotopic (exact) mass is 222 g/mol. The molecule has 0 aliphatic carbocycles. The van der Waals surface area contributed by atoms with E-state index in [2.05, 4.69) is 39.7 Å². The van der Waals surface area contributed by atoms with E-state index in [0.717, 1.165) is 10.1 Å². The van der Waals surface area contributed by atoms with Crippen LogP contribution in [0.3, 0.4) is 0 Å². The van der Waals surface area contributed by atoms with Crippen molar-refractivity contribution in [3.8, 4) is 0 Å².